The first kappa shape index (κ1) is 13.0. The highest BCUT2D eigenvalue weighted by atomic mass is 32.2. The lowest BCUT2D eigenvalue weighted by Crippen LogP contribution is -2.11. The smallest absolute Gasteiger partial charge is 0.236 e. The largest absolute Gasteiger partial charge is 0.236 e. The molecule has 2 aromatic carbocycles. The fourth-order valence-electron chi connectivity index (χ4n) is 2.52. The number of rotatable bonds is 3. The Morgan fingerprint density at radius 1 is 1.05 bits per heavy atom. The molecule has 0 radical (unpaired) electrons. The van der Waals surface area contributed by atoms with Crippen molar-refractivity contribution in [1.82, 2.24) is 3.97 Å². The molecule has 108 valence electrons. The van der Waals surface area contributed by atoms with Crippen LogP contribution in [0.25, 0.3) is 22.2 Å². The quantitative estimate of drug-likeness (QED) is 0.689. The van der Waals surface area contributed by atoms with Crippen LogP contribution in [0.5, 0.6) is 0 Å². The Bertz CT molecular complexity index is 918. The van der Waals surface area contributed by atoms with Crippen LogP contribution in [0, 0.1) is 0 Å². The monoisotopic (exact) mass is 318 g/mol. The van der Waals surface area contributed by atoms with Crippen molar-refractivity contribution in [3.63, 3.8) is 0 Å². The molecule has 0 aliphatic heterocycles. The van der Waals surface area contributed by atoms with Crippen molar-refractivity contribution in [2.24, 2.45) is 0 Å². The molecule has 0 aliphatic carbocycles. The second kappa shape index (κ2) is 5.24. The van der Waals surface area contributed by atoms with Gasteiger partial charge >= 0.3 is 0 Å². The second-order valence-electron chi connectivity index (χ2n) is 4.73. The zero-order valence-corrected chi connectivity index (χ0v) is 13.1. The average Bonchev–Trinajstić information content (AvgIpc) is 2.83. The van der Waals surface area contributed by atoms with Gasteiger partial charge in [-0.2, -0.15) is 0 Å². The average molecular weight is 318 g/mol. The van der Waals surface area contributed by atoms with Crippen molar-refractivity contribution in [1.29, 1.82) is 0 Å². The molecule has 1 heterocycles. The lowest BCUT2D eigenvalue weighted by atomic mass is 10.1. The number of fused-ring (bicyclic) bond motifs is 1. The Hall–Kier alpha value is -1.72. The van der Waals surface area contributed by atoms with Crippen molar-refractivity contribution in [3.05, 3.63) is 54.6 Å². The Morgan fingerprint density at radius 3 is 2.38 bits per heavy atom. The molecule has 0 spiro atoms. The summed E-state index contributed by atoms with van der Waals surface area (Å²) >= 11 is 1.34. The topological polar surface area (TPSA) is 39.1 Å². The number of thioether (sulfide) groups is 1. The number of nitrogens with zero attached hydrogens (tertiary/aromatic N) is 1. The molecule has 0 amide bonds. The van der Waals surface area contributed by atoms with E-state index in [2.05, 4.69) is 0 Å². The minimum absolute atomic E-state index is 0.137. The van der Waals surface area contributed by atoms with E-state index >= 15 is 0 Å². The van der Waals surface area contributed by atoms with Crippen molar-refractivity contribution in [2.75, 3.05) is 12.5 Å². The summed E-state index contributed by atoms with van der Waals surface area (Å²) in [6.45, 7) is 0. The molecule has 0 bridgehead atoms. The molecule has 3 aromatic rings. The van der Waals surface area contributed by atoms with Crippen LogP contribution < -0.4 is 0 Å². The third kappa shape index (κ3) is 2.36. The number of para-hydroxylation sites is 1. The molecule has 0 unspecified atom stereocenters. The summed E-state index contributed by atoms with van der Waals surface area (Å²) in [4.78, 5) is 0.835. The summed E-state index contributed by atoms with van der Waals surface area (Å²) in [6.07, 6.45) is 1.35. The zero-order valence-electron chi connectivity index (χ0n) is 12.5. The maximum absolute atomic E-state index is 12.4. The molecule has 3 nitrogen and oxygen atoms in total. The molecule has 1 aromatic heterocycles. The standard InChI is InChI=1S/C16H15NO2S2/c1-20-16-13-10-6-7-11-14(13)17(21(2,18)19)15(16)12-8-4-3-5-9-12/h3-11H,1-2H3/i1D. The summed E-state index contributed by atoms with van der Waals surface area (Å²) in [5.74, 6) is 0. The number of benzene rings is 2. The highest BCUT2D eigenvalue weighted by molar-refractivity contribution is 7.99. The molecule has 0 saturated heterocycles. The van der Waals surface area contributed by atoms with E-state index in [1.54, 1.807) is 6.07 Å². The summed E-state index contributed by atoms with van der Waals surface area (Å²) in [5, 5.41) is 0.865. The van der Waals surface area contributed by atoms with E-state index in [9.17, 15) is 8.42 Å². The van der Waals surface area contributed by atoms with E-state index in [-0.39, 0.29) is 6.23 Å². The van der Waals surface area contributed by atoms with E-state index in [1.165, 1.54) is 22.0 Å². The summed E-state index contributed by atoms with van der Waals surface area (Å²) in [6, 6.07) is 16.9. The molecule has 0 aliphatic rings. The molecule has 5 heteroatoms. The highest BCUT2D eigenvalue weighted by Gasteiger charge is 2.22. The van der Waals surface area contributed by atoms with Gasteiger partial charge in [0.1, 0.15) is 0 Å². The molecule has 0 atom stereocenters. The van der Waals surface area contributed by atoms with Crippen molar-refractivity contribution < 1.29 is 9.79 Å². The molecule has 21 heavy (non-hydrogen) atoms. The molecule has 0 N–H and O–H groups in total. The lowest BCUT2D eigenvalue weighted by Gasteiger charge is -2.09. The third-order valence-electron chi connectivity index (χ3n) is 3.31. The van der Waals surface area contributed by atoms with Crippen LogP contribution in [0.2, 0.25) is 0 Å². The Kier molecular flexibility index (Phi) is 3.24. The maximum Gasteiger partial charge on any atom is 0.236 e. The van der Waals surface area contributed by atoms with Crippen LogP contribution in [0.15, 0.2) is 59.5 Å². The van der Waals surface area contributed by atoms with E-state index in [0.29, 0.717) is 11.2 Å². The maximum atomic E-state index is 12.4. The van der Waals surface area contributed by atoms with Gasteiger partial charge in [0.15, 0.2) is 0 Å². The first-order valence-corrected chi connectivity index (χ1v) is 9.19. The van der Waals surface area contributed by atoms with Gasteiger partial charge in [-0.05, 0) is 12.3 Å². The third-order valence-corrected chi connectivity index (χ3v) is 5.05. The number of hydrogen-bond donors (Lipinski definition) is 0. The number of aromatic nitrogens is 1. The van der Waals surface area contributed by atoms with Crippen LogP contribution in [0.1, 0.15) is 1.37 Å². The van der Waals surface area contributed by atoms with Gasteiger partial charge in [0.25, 0.3) is 0 Å². The minimum atomic E-state index is -3.46. The van der Waals surface area contributed by atoms with Crippen molar-refractivity contribution >= 4 is 32.7 Å². The van der Waals surface area contributed by atoms with Gasteiger partial charge in [-0.15, -0.1) is 11.8 Å². The van der Waals surface area contributed by atoms with Gasteiger partial charge in [-0.25, -0.2) is 12.4 Å². The predicted octanol–water partition coefficient (Wildman–Crippen LogP) is 3.84. The summed E-state index contributed by atoms with van der Waals surface area (Å²) in [5.41, 5.74) is 2.13. The van der Waals surface area contributed by atoms with Crippen molar-refractivity contribution in [3.8, 4) is 11.3 Å². The van der Waals surface area contributed by atoms with Crippen LogP contribution >= 0.6 is 11.8 Å². The van der Waals surface area contributed by atoms with Gasteiger partial charge in [0, 0.05) is 17.2 Å². The van der Waals surface area contributed by atoms with Gasteiger partial charge in [-0.1, -0.05) is 48.5 Å². The SMILES string of the molecule is [2H]CSc1c(-c2ccccc2)n(S(C)(=O)=O)c2ccccc12. The summed E-state index contributed by atoms with van der Waals surface area (Å²) in [7, 11) is -3.46. The normalized spacial score (nSPS) is 12.5. The van der Waals surface area contributed by atoms with Crippen molar-refractivity contribution in [2.45, 2.75) is 4.90 Å². The minimum Gasteiger partial charge on any atom is -0.236 e. The molecular weight excluding hydrogens is 302 g/mol. The van der Waals surface area contributed by atoms with E-state index in [4.69, 9.17) is 1.37 Å². The molecule has 3 rings (SSSR count). The van der Waals surface area contributed by atoms with Crippen LogP contribution in [0.4, 0.5) is 0 Å². The zero-order chi connectivity index (χ0) is 15.7. The highest BCUT2D eigenvalue weighted by Crippen LogP contribution is 2.40. The lowest BCUT2D eigenvalue weighted by molar-refractivity contribution is 0.595. The van der Waals surface area contributed by atoms with Crippen LogP contribution in [-0.4, -0.2) is 24.9 Å². The molecular formula is C16H15NO2S2. The van der Waals surface area contributed by atoms with Gasteiger partial charge in [0.2, 0.25) is 10.0 Å². The Balaban J connectivity index is 2.49. The summed E-state index contributed by atoms with van der Waals surface area (Å²) < 4.78 is 33.7. The predicted molar refractivity (Wildman–Crippen MR) is 89.4 cm³/mol. The van der Waals surface area contributed by atoms with Gasteiger partial charge in [0.05, 0.1) is 17.5 Å². The fraction of sp³-hybridized carbons (Fsp3) is 0.125. The van der Waals surface area contributed by atoms with E-state index < -0.39 is 10.0 Å². The fourth-order valence-corrected chi connectivity index (χ4v) is 4.29. The first-order chi connectivity index (χ1) is 10.5. The Labute approximate surface area is 130 Å². The molecule has 0 fully saturated rings. The van der Waals surface area contributed by atoms with Gasteiger partial charge in [-0.3, -0.25) is 0 Å². The number of hydrogen-bond acceptors (Lipinski definition) is 3. The van der Waals surface area contributed by atoms with E-state index in [1.807, 2.05) is 48.5 Å². The van der Waals surface area contributed by atoms with Crippen LogP contribution in [0.3, 0.4) is 0 Å². The second-order valence-corrected chi connectivity index (χ2v) is 7.26. The van der Waals surface area contributed by atoms with Crippen LogP contribution in [-0.2, 0) is 10.0 Å². The molecule has 0 saturated carbocycles. The van der Waals surface area contributed by atoms with E-state index in [0.717, 1.165) is 15.8 Å². The van der Waals surface area contributed by atoms with Gasteiger partial charge < -0.3 is 0 Å². The Morgan fingerprint density at radius 2 is 1.71 bits per heavy atom. The first-order valence-electron chi connectivity index (χ1n) is 7.06.